The topological polar surface area (TPSA) is 69.0 Å². The first kappa shape index (κ1) is 10.6. The van der Waals surface area contributed by atoms with Crippen molar-refractivity contribution in [3.63, 3.8) is 0 Å². The van der Waals surface area contributed by atoms with Crippen LogP contribution in [0.25, 0.3) is 11.0 Å². The molecule has 0 aliphatic carbocycles. The van der Waals surface area contributed by atoms with E-state index in [1.54, 1.807) is 16.8 Å². The summed E-state index contributed by atoms with van der Waals surface area (Å²) in [6.07, 6.45) is 0. The molecule has 0 spiro atoms. The first-order chi connectivity index (χ1) is 7.76. The van der Waals surface area contributed by atoms with Crippen molar-refractivity contribution in [3.8, 4) is 0 Å². The summed E-state index contributed by atoms with van der Waals surface area (Å²) in [4.78, 5) is 16.0. The molecule has 6 nitrogen and oxygen atoms in total. The minimum absolute atomic E-state index is 0.296. The van der Waals surface area contributed by atoms with Gasteiger partial charge in [0.15, 0.2) is 0 Å². The van der Waals surface area contributed by atoms with Crippen molar-refractivity contribution in [2.24, 2.45) is 0 Å². The minimum atomic E-state index is -0.296. The van der Waals surface area contributed by atoms with E-state index in [-0.39, 0.29) is 5.91 Å². The van der Waals surface area contributed by atoms with Gasteiger partial charge in [0, 0.05) is 12.1 Å². The maximum absolute atomic E-state index is 11.5. The summed E-state index contributed by atoms with van der Waals surface area (Å²) in [7, 11) is 1.39. The van der Waals surface area contributed by atoms with Gasteiger partial charge in [-0.1, -0.05) is 5.21 Å². The smallest absolute Gasteiger partial charge is 0.274 e. The van der Waals surface area contributed by atoms with Crippen LogP contribution in [0.2, 0.25) is 0 Å². The van der Waals surface area contributed by atoms with E-state index in [2.05, 4.69) is 20.6 Å². The fourth-order valence-corrected chi connectivity index (χ4v) is 1.50. The van der Waals surface area contributed by atoms with Crippen LogP contribution in [0.15, 0.2) is 18.2 Å². The third kappa shape index (κ3) is 1.74. The van der Waals surface area contributed by atoms with Crippen LogP contribution >= 0.6 is 0 Å². The van der Waals surface area contributed by atoms with Gasteiger partial charge in [0.2, 0.25) is 0 Å². The van der Waals surface area contributed by atoms with Crippen molar-refractivity contribution in [2.45, 2.75) is 13.5 Å². The molecule has 0 atom stereocenters. The molecular weight excluding hydrogens is 208 g/mol. The molecule has 0 saturated carbocycles. The second kappa shape index (κ2) is 4.28. The molecule has 0 unspecified atom stereocenters. The van der Waals surface area contributed by atoms with Crippen LogP contribution in [0, 0.1) is 0 Å². The van der Waals surface area contributed by atoms with Crippen molar-refractivity contribution < 1.29 is 9.63 Å². The lowest BCUT2D eigenvalue weighted by molar-refractivity contribution is 0.0538. The van der Waals surface area contributed by atoms with Gasteiger partial charge in [0.05, 0.1) is 12.6 Å². The number of rotatable bonds is 3. The number of carbonyl (C=O) groups is 1. The molecule has 16 heavy (non-hydrogen) atoms. The Hall–Kier alpha value is -1.95. The Labute approximate surface area is 92.1 Å². The van der Waals surface area contributed by atoms with Gasteiger partial charge in [-0.3, -0.25) is 9.63 Å². The summed E-state index contributed by atoms with van der Waals surface area (Å²) >= 11 is 0. The van der Waals surface area contributed by atoms with Crippen LogP contribution in [0.3, 0.4) is 0 Å². The molecule has 1 aromatic carbocycles. The number of nitrogens with one attached hydrogen (secondary N) is 1. The van der Waals surface area contributed by atoms with Crippen LogP contribution in [0.1, 0.15) is 17.3 Å². The maximum atomic E-state index is 11.5. The highest BCUT2D eigenvalue weighted by Crippen LogP contribution is 2.13. The van der Waals surface area contributed by atoms with Crippen molar-refractivity contribution in [1.29, 1.82) is 0 Å². The largest absolute Gasteiger partial charge is 0.277 e. The minimum Gasteiger partial charge on any atom is -0.277 e. The molecule has 0 aliphatic rings. The second-order valence-corrected chi connectivity index (χ2v) is 3.24. The molecule has 2 rings (SSSR count). The highest BCUT2D eigenvalue weighted by Gasteiger charge is 2.08. The highest BCUT2D eigenvalue weighted by atomic mass is 16.6. The standard InChI is InChI=1S/C10H12N4O2/c1-3-14-9-5-4-7(10(15)12-16-2)6-8(9)11-13-14/h4-6H,3H2,1-2H3,(H,12,15). The van der Waals surface area contributed by atoms with E-state index in [1.807, 2.05) is 13.0 Å². The number of amides is 1. The number of carbonyl (C=O) groups excluding carboxylic acids is 1. The van der Waals surface area contributed by atoms with E-state index < -0.39 is 0 Å². The highest BCUT2D eigenvalue weighted by molar-refractivity contribution is 5.96. The van der Waals surface area contributed by atoms with Crippen LogP contribution < -0.4 is 5.48 Å². The summed E-state index contributed by atoms with van der Waals surface area (Å²) in [6, 6.07) is 5.22. The van der Waals surface area contributed by atoms with E-state index in [4.69, 9.17) is 0 Å². The molecule has 84 valence electrons. The predicted molar refractivity (Wildman–Crippen MR) is 57.7 cm³/mol. The number of hydrogen-bond acceptors (Lipinski definition) is 4. The van der Waals surface area contributed by atoms with E-state index >= 15 is 0 Å². The number of hydrogen-bond donors (Lipinski definition) is 1. The van der Waals surface area contributed by atoms with E-state index in [0.29, 0.717) is 11.1 Å². The second-order valence-electron chi connectivity index (χ2n) is 3.24. The van der Waals surface area contributed by atoms with Gasteiger partial charge in [-0.25, -0.2) is 10.2 Å². The third-order valence-corrected chi connectivity index (χ3v) is 2.27. The Morgan fingerprint density at radius 3 is 3.06 bits per heavy atom. The normalized spacial score (nSPS) is 10.6. The molecule has 1 heterocycles. The zero-order valence-electron chi connectivity index (χ0n) is 9.10. The number of benzene rings is 1. The molecule has 2 aromatic rings. The lowest BCUT2D eigenvalue weighted by Gasteiger charge is -2.01. The zero-order chi connectivity index (χ0) is 11.5. The lowest BCUT2D eigenvalue weighted by Crippen LogP contribution is -2.21. The van der Waals surface area contributed by atoms with Gasteiger partial charge in [-0.15, -0.1) is 5.10 Å². The van der Waals surface area contributed by atoms with Crippen molar-refractivity contribution in [3.05, 3.63) is 23.8 Å². The Balaban J connectivity index is 2.41. The molecule has 6 heteroatoms. The van der Waals surface area contributed by atoms with Crippen LogP contribution in [0.5, 0.6) is 0 Å². The molecule has 0 saturated heterocycles. The number of aryl methyl sites for hydroxylation is 1. The van der Waals surface area contributed by atoms with Gasteiger partial charge >= 0.3 is 0 Å². The Bertz CT molecular complexity index is 521. The molecule has 0 radical (unpaired) electrons. The predicted octanol–water partition coefficient (Wildman–Crippen LogP) is 0.742. The molecule has 1 aromatic heterocycles. The molecular formula is C10H12N4O2. The first-order valence-corrected chi connectivity index (χ1v) is 4.93. The monoisotopic (exact) mass is 220 g/mol. The van der Waals surface area contributed by atoms with Crippen LogP contribution in [0.4, 0.5) is 0 Å². The Morgan fingerprint density at radius 2 is 2.38 bits per heavy atom. The fourth-order valence-electron chi connectivity index (χ4n) is 1.50. The van der Waals surface area contributed by atoms with E-state index in [1.165, 1.54) is 7.11 Å². The summed E-state index contributed by atoms with van der Waals surface area (Å²) in [6.45, 7) is 2.74. The Morgan fingerprint density at radius 1 is 1.56 bits per heavy atom. The number of nitrogens with zero attached hydrogens (tertiary/aromatic N) is 3. The number of hydroxylamine groups is 1. The SMILES string of the molecule is CCn1nnc2cc(C(=O)NOC)ccc21. The van der Waals surface area contributed by atoms with Gasteiger partial charge in [0.1, 0.15) is 5.52 Å². The van der Waals surface area contributed by atoms with Crippen LogP contribution in [-0.2, 0) is 11.4 Å². The first-order valence-electron chi connectivity index (χ1n) is 4.93. The third-order valence-electron chi connectivity index (χ3n) is 2.27. The maximum Gasteiger partial charge on any atom is 0.274 e. The average Bonchev–Trinajstić information content (AvgIpc) is 2.71. The molecule has 0 bridgehead atoms. The fraction of sp³-hybridized carbons (Fsp3) is 0.300. The quantitative estimate of drug-likeness (QED) is 0.775. The molecule has 1 N–H and O–H groups in total. The molecule has 0 aliphatic heterocycles. The summed E-state index contributed by atoms with van der Waals surface area (Å²) in [5.41, 5.74) is 4.36. The number of aromatic nitrogens is 3. The van der Waals surface area contributed by atoms with E-state index in [0.717, 1.165) is 12.1 Å². The van der Waals surface area contributed by atoms with Gasteiger partial charge in [-0.05, 0) is 25.1 Å². The summed E-state index contributed by atoms with van der Waals surface area (Å²) in [5, 5.41) is 7.95. The Kier molecular flexibility index (Phi) is 2.82. The van der Waals surface area contributed by atoms with Crippen LogP contribution in [-0.4, -0.2) is 28.0 Å². The van der Waals surface area contributed by atoms with Gasteiger partial charge in [-0.2, -0.15) is 0 Å². The summed E-state index contributed by atoms with van der Waals surface area (Å²) < 4.78 is 1.77. The number of fused-ring (bicyclic) bond motifs is 1. The van der Waals surface area contributed by atoms with Crippen molar-refractivity contribution >= 4 is 16.9 Å². The summed E-state index contributed by atoms with van der Waals surface area (Å²) in [5.74, 6) is -0.296. The molecule has 0 fully saturated rings. The average molecular weight is 220 g/mol. The lowest BCUT2D eigenvalue weighted by atomic mass is 10.2. The van der Waals surface area contributed by atoms with Crippen molar-refractivity contribution in [2.75, 3.05) is 7.11 Å². The molecule has 1 amide bonds. The van der Waals surface area contributed by atoms with E-state index in [9.17, 15) is 4.79 Å². The van der Waals surface area contributed by atoms with Gasteiger partial charge < -0.3 is 0 Å². The van der Waals surface area contributed by atoms with Crippen molar-refractivity contribution in [1.82, 2.24) is 20.5 Å². The zero-order valence-corrected chi connectivity index (χ0v) is 9.10. The van der Waals surface area contributed by atoms with Gasteiger partial charge in [0.25, 0.3) is 5.91 Å².